The molecule has 6 heteroatoms. The summed E-state index contributed by atoms with van der Waals surface area (Å²) < 4.78 is 7.58. The Labute approximate surface area is 136 Å². The van der Waals surface area contributed by atoms with Crippen molar-refractivity contribution in [1.82, 2.24) is 14.6 Å². The lowest BCUT2D eigenvalue weighted by atomic mass is 9.98. The first-order valence-electron chi connectivity index (χ1n) is 8.63. The second-order valence-electron chi connectivity index (χ2n) is 6.22. The summed E-state index contributed by atoms with van der Waals surface area (Å²) in [6.07, 6.45) is 8.44. The van der Waals surface area contributed by atoms with Crippen molar-refractivity contribution in [2.24, 2.45) is 0 Å². The third kappa shape index (κ3) is 4.20. The zero-order valence-corrected chi connectivity index (χ0v) is 13.7. The molecule has 3 rings (SSSR count). The van der Waals surface area contributed by atoms with Gasteiger partial charge in [0, 0.05) is 24.4 Å². The first-order valence-corrected chi connectivity index (χ1v) is 8.63. The first-order chi connectivity index (χ1) is 11.3. The van der Waals surface area contributed by atoms with Crippen LogP contribution in [0, 0.1) is 0 Å². The maximum Gasteiger partial charge on any atom is 0.157 e. The number of aliphatic hydroxyl groups is 1. The number of nitrogens with one attached hydrogen (secondary N) is 1. The van der Waals surface area contributed by atoms with Gasteiger partial charge in [-0.15, -0.1) is 0 Å². The number of rotatable bonds is 7. The molecule has 1 aliphatic rings. The molecule has 6 nitrogen and oxygen atoms in total. The molecule has 0 aromatic carbocycles. The lowest BCUT2D eigenvalue weighted by molar-refractivity contribution is -0.0195. The van der Waals surface area contributed by atoms with Gasteiger partial charge in [0.25, 0.3) is 0 Å². The Balaban J connectivity index is 1.54. The van der Waals surface area contributed by atoms with Crippen LogP contribution in [0.5, 0.6) is 0 Å². The van der Waals surface area contributed by atoms with E-state index >= 15 is 0 Å². The largest absolute Gasteiger partial charge is 0.389 e. The number of aryl methyl sites for hydroxylation is 1. The minimum Gasteiger partial charge on any atom is -0.389 e. The molecule has 1 saturated carbocycles. The molecule has 0 bridgehead atoms. The Hall–Kier alpha value is -1.66. The zero-order valence-electron chi connectivity index (χ0n) is 13.7. The van der Waals surface area contributed by atoms with E-state index in [-0.39, 0.29) is 0 Å². The zero-order chi connectivity index (χ0) is 16.1. The van der Waals surface area contributed by atoms with Gasteiger partial charge in [0.1, 0.15) is 5.82 Å². The van der Waals surface area contributed by atoms with Crippen LogP contribution in [0.4, 0.5) is 5.82 Å². The van der Waals surface area contributed by atoms with Gasteiger partial charge >= 0.3 is 0 Å². The van der Waals surface area contributed by atoms with Crippen LogP contribution >= 0.6 is 0 Å². The van der Waals surface area contributed by atoms with Crippen LogP contribution in [0.15, 0.2) is 18.3 Å². The van der Waals surface area contributed by atoms with Crippen LogP contribution in [0.2, 0.25) is 0 Å². The van der Waals surface area contributed by atoms with Crippen LogP contribution in [0.1, 0.15) is 44.7 Å². The van der Waals surface area contributed by atoms with Crippen molar-refractivity contribution >= 4 is 11.5 Å². The lowest BCUT2D eigenvalue weighted by Crippen LogP contribution is -2.29. The Morgan fingerprint density at radius 3 is 3.00 bits per heavy atom. The van der Waals surface area contributed by atoms with Gasteiger partial charge in [-0.1, -0.05) is 26.2 Å². The van der Waals surface area contributed by atoms with E-state index in [1.165, 1.54) is 19.3 Å². The summed E-state index contributed by atoms with van der Waals surface area (Å²) in [6, 6.07) is 3.86. The molecule has 2 heterocycles. The monoisotopic (exact) mass is 318 g/mol. The Bertz CT molecular complexity index is 622. The number of aromatic nitrogens is 3. The molecular formula is C17H26N4O2. The molecule has 2 N–H and O–H groups in total. The summed E-state index contributed by atoms with van der Waals surface area (Å²) >= 11 is 0. The number of ether oxygens (including phenoxy) is 1. The smallest absolute Gasteiger partial charge is 0.157 e. The molecule has 23 heavy (non-hydrogen) atoms. The predicted molar refractivity (Wildman–Crippen MR) is 89.7 cm³/mol. The average molecular weight is 318 g/mol. The highest BCUT2D eigenvalue weighted by atomic mass is 16.5. The van der Waals surface area contributed by atoms with Crippen LogP contribution in [-0.4, -0.2) is 45.1 Å². The minimum absolute atomic E-state index is 0.323. The van der Waals surface area contributed by atoms with Gasteiger partial charge in [-0.3, -0.25) is 0 Å². The standard InChI is InChI=1S/C17H26N4O2/c1-2-13-10-17(21-16(20-13)8-9-19-21)18-11-14(22)12-23-15-6-4-3-5-7-15/h8-10,14-15,18,22H,2-7,11-12H2,1H3. The van der Waals surface area contributed by atoms with E-state index in [9.17, 15) is 5.11 Å². The summed E-state index contributed by atoms with van der Waals surface area (Å²) in [4.78, 5) is 4.51. The molecule has 0 amide bonds. The summed E-state index contributed by atoms with van der Waals surface area (Å²) in [7, 11) is 0. The Kier molecular flexibility index (Phi) is 5.46. The second kappa shape index (κ2) is 7.75. The summed E-state index contributed by atoms with van der Waals surface area (Å²) in [6.45, 7) is 2.90. The fourth-order valence-corrected chi connectivity index (χ4v) is 3.03. The average Bonchev–Trinajstić information content (AvgIpc) is 3.07. The van der Waals surface area contributed by atoms with Gasteiger partial charge in [0.05, 0.1) is 25.0 Å². The fourth-order valence-electron chi connectivity index (χ4n) is 3.03. The topological polar surface area (TPSA) is 71.7 Å². The molecule has 1 atom stereocenters. The van der Waals surface area contributed by atoms with Gasteiger partial charge in [-0.05, 0) is 19.3 Å². The fraction of sp³-hybridized carbons (Fsp3) is 0.647. The van der Waals surface area contributed by atoms with E-state index in [1.807, 2.05) is 12.1 Å². The second-order valence-corrected chi connectivity index (χ2v) is 6.22. The maximum atomic E-state index is 10.2. The maximum absolute atomic E-state index is 10.2. The molecule has 0 saturated heterocycles. The molecule has 1 aliphatic carbocycles. The number of anilines is 1. The molecule has 0 spiro atoms. The number of nitrogens with zero attached hydrogens (tertiary/aromatic N) is 3. The molecule has 1 unspecified atom stereocenters. The van der Waals surface area contributed by atoms with Crippen molar-refractivity contribution in [1.29, 1.82) is 0 Å². The highest BCUT2D eigenvalue weighted by Crippen LogP contribution is 2.20. The number of fused-ring (bicyclic) bond motifs is 1. The third-order valence-electron chi connectivity index (χ3n) is 4.37. The van der Waals surface area contributed by atoms with E-state index in [2.05, 4.69) is 22.3 Å². The van der Waals surface area contributed by atoms with E-state index < -0.39 is 6.10 Å². The van der Waals surface area contributed by atoms with Gasteiger partial charge in [0.2, 0.25) is 0 Å². The highest BCUT2D eigenvalue weighted by Gasteiger charge is 2.16. The molecule has 1 fully saturated rings. The molecular weight excluding hydrogens is 292 g/mol. The van der Waals surface area contributed by atoms with Crippen molar-refractivity contribution in [2.45, 2.75) is 57.7 Å². The van der Waals surface area contributed by atoms with Crippen molar-refractivity contribution in [2.75, 3.05) is 18.5 Å². The van der Waals surface area contributed by atoms with Crippen LogP contribution < -0.4 is 5.32 Å². The predicted octanol–water partition coefficient (Wildman–Crippen LogP) is 2.41. The van der Waals surface area contributed by atoms with E-state index in [1.54, 1.807) is 10.7 Å². The molecule has 0 radical (unpaired) electrons. The summed E-state index contributed by atoms with van der Waals surface area (Å²) in [5.41, 5.74) is 1.83. The van der Waals surface area contributed by atoms with Crippen molar-refractivity contribution < 1.29 is 9.84 Å². The highest BCUT2D eigenvalue weighted by molar-refractivity contribution is 5.49. The van der Waals surface area contributed by atoms with Gasteiger partial charge < -0.3 is 15.2 Å². The summed E-state index contributed by atoms with van der Waals surface area (Å²) in [5, 5.41) is 17.7. The van der Waals surface area contributed by atoms with Crippen LogP contribution in [0.25, 0.3) is 5.65 Å². The van der Waals surface area contributed by atoms with Gasteiger partial charge in [-0.2, -0.15) is 9.61 Å². The minimum atomic E-state index is -0.527. The SMILES string of the molecule is CCc1cc(NCC(O)COC2CCCCC2)n2nccc2n1. The van der Waals surface area contributed by atoms with Gasteiger partial charge in [-0.25, -0.2) is 4.98 Å². The molecule has 2 aromatic heterocycles. The normalized spacial score (nSPS) is 17.5. The quantitative estimate of drug-likeness (QED) is 0.820. The van der Waals surface area contributed by atoms with E-state index in [4.69, 9.17) is 4.74 Å². The van der Waals surface area contributed by atoms with Gasteiger partial charge in [0.15, 0.2) is 5.65 Å². The molecule has 126 valence electrons. The Morgan fingerprint density at radius 2 is 2.22 bits per heavy atom. The number of aliphatic hydroxyl groups excluding tert-OH is 1. The van der Waals surface area contributed by atoms with Crippen molar-refractivity contribution in [3.63, 3.8) is 0 Å². The number of hydrogen-bond acceptors (Lipinski definition) is 5. The summed E-state index contributed by atoms with van der Waals surface area (Å²) in [5.74, 6) is 0.855. The third-order valence-corrected chi connectivity index (χ3v) is 4.37. The number of hydrogen-bond donors (Lipinski definition) is 2. The van der Waals surface area contributed by atoms with E-state index in [0.29, 0.717) is 19.3 Å². The Morgan fingerprint density at radius 1 is 1.39 bits per heavy atom. The van der Waals surface area contributed by atoms with E-state index in [0.717, 1.165) is 36.4 Å². The van der Waals surface area contributed by atoms with Crippen LogP contribution in [-0.2, 0) is 11.2 Å². The first kappa shape index (κ1) is 16.2. The molecule has 0 aliphatic heterocycles. The van der Waals surface area contributed by atoms with Crippen molar-refractivity contribution in [3.05, 3.63) is 24.0 Å². The van der Waals surface area contributed by atoms with Crippen LogP contribution in [0.3, 0.4) is 0 Å². The van der Waals surface area contributed by atoms with Crippen molar-refractivity contribution in [3.8, 4) is 0 Å². The molecule has 2 aromatic rings. The lowest BCUT2D eigenvalue weighted by Gasteiger charge is -2.23.